The lowest BCUT2D eigenvalue weighted by molar-refractivity contribution is 0.620. The van der Waals surface area contributed by atoms with Crippen LogP contribution >= 0.6 is 0 Å². The second-order valence-electron chi connectivity index (χ2n) is 11.0. The van der Waals surface area contributed by atoms with E-state index in [0.29, 0.717) is 5.89 Å². The molecule has 0 aliphatic heterocycles. The Bertz CT molecular complexity index is 2200. The molecule has 200 valence electrons. The van der Waals surface area contributed by atoms with Gasteiger partial charge in [-0.15, -0.1) is 0 Å². The number of nitrogens with zero attached hydrogens (tertiary/aromatic N) is 1. The number of aromatic nitrogens is 1. The van der Waals surface area contributed by atoms with E-state index in [0.717, 1.165) is 55.3 Å². The van der Waals surface area contributed by atoms with Crippen LogP contribution in [0.15, 0.2) is 136 Å². The number of rotatable bonds is 4. The van der Waals surface area contributed by atoms with Crippen LogP contribution in [0.1, 0.15) is 11.1 Å². The number of oxazole rings is 1. The van der Waals surface area contributed by atoms with Crippen molar-refractivity contribution in [3.05, 3.63) is 139 Å². The molecule has 0 saturated heterocycles. The first-order chi connectivity index (χ1) is 20.6. The summed E-state index contributed by atoms with van der Waals surface area (Å²) in [6.45, 7) is 4.23. The molecule has 0 amide bonds. The summed E-state index contributed by atoms with van der Waals surface area (Å²) in [7, 11) is 0. The largest absolute Gasteiger partial charge is 0.455 e. The average molecular weight is 542 g/mol. The molecule has 0 atom stereocenters. The fourth-order valence-corrected chi connectivity index (χ4v) is 5.72. The molecule has 3 heteroatoms. The molecule has 2 aromatic heterocycles. The minimum absolute atomic E-state index is 0.619. The topological polar surface area (TPSA) is 39.2 Å². The highest BCUT2D eigenvalue weighted by Gasteiger charge is 2.17. The Balaban J connectivity index is 1.30. The lowest BCUT2D eigenvalue weighted by atomic mass is 9.94. The Morgan fingerprint density at radius 3 is 1.76 bits per heavy atom. The van der Waals surface area contributed by atoms with Crippen molar-refractivity contribution in [3.63, 3.8) is 0 Å². The van der Waals surface area contributed by atoms with Gasteiger partial charge in [-0.2, -0.15) is 0 Å². The molecule has 0 bridgehead atoms. The highest BCUT2D eigenvalue weighted by atomic mass is 16.3. The summed E-state index contributed by atoms with van der Waals surface area (Å²) in [5, 5.41) is 2.22. The van der Waals surface area contributed by atoms with Gasteiger partial charge < -0.3 is 8.83 Å². The lowest BCUT2D eigenvalue weighted by Crippen LogP contribution is -1.85. The van der Waals surface area contributed by atoms with Gasteiger partial charge in [0.15, 0.2) is 5.58 Å². The summed E-state index contributed by atoms with van der Waals surface area (Å²) < 4.78 is 12.6. The van der Waals surface area contributed by atoms with Crippen LogP contribution in [0.4, 0.5) is 0 Å². The van der Waals surface area contributed by atoms with Crippen LogP contribution in [0, 0.1) is 13.8 Å². The Labute approximate surface area is 243 Å². The number of furan rings is 1. The molecule has 0 aliphatic rings. The van der Waals surface area contributed by atoms with Crippen molar-refractivity contribution in [2.45, 2.75) is 13.8 Å². The van der Waals surface area contributed by atoms with Crippen molar-refractivity contribution in [2.75, 3.05) is 0 Å². The SMILES string of the molecule is Cc1ccc(-c2ccc3oc4c(-c5ccc(-c6nc7ccccc7o6)cc5)cc(-c5ccc(C)cc5)cc4c3c2)cc1. The van der Waals surface area contributed by atoms with Crippen LogP contribution < -0.4 is 0 Å². The molecule has 0 spiro atoms. The van der Waals surface area contributed by atoms with Gasteiger partial charge in [-0.05, 0) is 90.2 Å². The van der Waals surface area contributed by atoms with E-state index in [4.69, 9.17) is 8.83 Å². The predicted molar refractivity (Wildman–Crippen MR) is 173 cm³/mol. The van der Waals surface area contributed by atoms with Crippen molar-refractivity contribution < 1.29 is 8.83 Å². The Morgan fingerprint density at radius 1 is 0.452 bits per heavy atom. The zero-order valence-electron chi connectivity index (χ0n) is 23.4. The molecular formula is C39H27NO2. The molecule has 2 heterocycles. The molecule has 0 N–H and O–H groups in total. The number of aryl methyl sites for hydroxylation is 2. The molecule has 0 radical (unpaired) electrons. The van der Waals surface area contributed by atoms with Gasteiger partial charge in [-0.1, -0.05) is 90.0 Å². The second-order valence-corrected chi connectivity index (χ2v) is 11.0. The fraction of sp³-hybridized carbons (Fsp3) is 0.0513. The number of para-hydroxylation sites is 2. The van der Waals surface area contributed by atoms with Crippen molar-refractivity contribution in [2.24, 2.45) is 0 Å². The minimum atomic E-state index is 0.619. The molecule has 0 saturated carbocycles. The van der Waals surface area contributed by atoms with Gasteiger partial charge in [0, 0.05) is 21.9 Å². The Morgan fingerprint density at radius 2 is 1.05 bits per heavy atom. The number of fused-ring (bicyclic) bond motifs is 4. The molecule has 3 nitrogen and oxygen atoms in total. The average Bonchev–Trinajstić information content (AvgIpc) is 3.63. The third-order valence-corrected chi connectivity index (χ3v) is 8.08. The summed E-state index contributed by atoms with van der Waals surface area (Å²) in [5.41, 5.74) is 13.7. The van der Waals surface area contributed by atoms with Crippen molar-refractivity contribution in [1.29, 1.82) is 0 Å². The number of hydrogen-bond acceptors (Lipinski definition) is 3. The maximum absolute atomic E-state index is 6.58. The third-order valence-electron chi connectivity index (χ3n) is 8.08. The minimum Gasteiger partial charge on any atom is -0.455 e. The van der Waals surface area contributed by atoms with Gasteiger partial charge in [0.1, 0.15) is 16.7 Å². The van der Waals surface area contributed by atoms with Crippen LogP contribution in [-0.4, -0.2) is 4.98 Å². The smallest absolute Gasteiger partial charge is 0.227 e. The number of benzene rings is 6. The summed E-state index contributed by atoms with van der Waals surface area (Å²) in [6.07, 6.45) is 0. The van der Waals surface area contributed by atoms with Crippen molar-refractivity contribution >= 4 is 33.0 Å². The van der Waals surface area contributed by atoms with Gasteiger partial charge in [0.25, 0.3) is 0 Å². The zero-order valence-corrected chi connectivity index (χ0v) is 23.4. The Hall–Kier alpha value is -5.41. The molecule has 8 rings (SSSR count). The predicted octanol–water partition coefficient (Wildman–Crippen LogP) is 11.0. The summed E-state index contributed by atoms with van der Waals surface area (Å²) >= 11 is 0. The van der Waals surface area contributed by atoms with E-state index < -0.39 is 0 Å². The summed E-state index contributed by atoms with van der Waals surface area (Å²) in [6, 6.07) is 44.6. The molecule has 0 unspecified atom stereocenters. The van der Waals surface area contributed by atoms with E-state index in [9.17, 15) is 0 Å². The first-order valence-corrected chi connectivity index (χ1v) is 14.2. The fourth-order valence-electron chi connectivity index (χ4n) is 5.72. The molecule has 6 aromatic carbocycles. The van der Waals surface area contributed by atoms with Crippen molar-refractivity contribution in [1.82, 2.24) is 4.98 Å². The van der Waals surface area contributed by atoms with E-state index in [1.807, 2.05) is 24.3 Å². The van der Waals surface area contributed by atoms with Crippen LogP contribution in [0.5, 0.6) is 0 Å². The summed E-state index contributed by atoms with van der Waals surface area (Å²) in [5.74, 6) is 0.619. The Kier molecular flexibility index (Phi) is 5.58. The van der Waals surface area contributed by atoms with Gasteiger partial charge in [-0.3, -0.25) is 0 Å². The van der Waals surface area contributed by atoms with Crippen LogP contribution in [0.2, 0.25) is 0 Å². The van der Waals surface area contributed by atoms with Gasteiger partial charge in [0.2, 0.25) is 5.89 Å². The van der Waals surface area contributed by atoms with Gasteiger partial charge in [0.05, 0.1) is 0 Å². The van der Waals surface area contributed by atoms with Crippen LogP contribution in [0.25, 0.3) is 77.9 Å². The maximum Gasteiger partial charge on any atom is 0.227 e. The quantitative estimate of drug-likeness (QED) is 0.222. The molecule has 0 fully saturated rings. The van der Waals surface area contributed by atoms with Crippen LogP contribution in [-0.2, 0) is 0 Å². The highest BCUT2D eigenvalue weighted by Crippen LogP contribution is 2.41. The first kappa shape index (κ1) is 24.4. The normalized spacial score (nSPS) is 11.6. The summed E-state index contributed by atoms with van der Waals surface area (Å²) in [4.78, 5) is 4.68. The molecule has 42 heavy (non-hydrogen) atoms. The first-order valence-electron chi connectivity index (χ1n) is 14.2. The zero-order chi connectivity index (χ0) is 28.2. The molecular weight excluding hydrogens is 514 g/mol. The van der Waals surface area contributed by atoms with Gasteiger partial charge in [-0.25, -0.2) is 4.98 Å². The van der Waals surface area contributed by atoms with Gasteiger partial charge >= 0.3 is 0 Å². The van der Waals surface area contributed by atoms with E-state index >= 15 is 0 Å². The van der Waals surface area contributed by atoms with E-state index in [1.165, 1.54) is 27.8 Å². The van der Waals surface area contributed by atoms with E-state index in [2.05, 4.69) is 122 Å². The lowest BCUT2D eigenvalue weighted by Gasteiger charge is -2.09. The number of hydrogen-bond donors (Lipinski definition) is 0. The molecule has 0 aliphatic carbocycles. The standard InChI is InChI=1S/C39H27NO2/c1-24-7-11-26(12-8-24)30-19-20-36-33(21-30)34-23-31(27-13-9-25(2)10-14-27)22-32(38(34)41-36)28-15-17-29(18-16-28)39-40-35-5-3-4-6-37(35)42-39/h3-23H,1-2H3. The second kappa shape index (κ2) is 9.60. The third kappa shape index (κ3) is 4.18. The highest BCUT2D eigenvalue weighted by molar-refractivity contribution is 6.12. The van der Waals surface area contributed by atoms with Crippen molar-refractivity contribution in [3.8, 4) is 44.8 Å². The van der Waals surface area contributed by atoms with E-state index in [1.54, 1.807) is 0 Å². The van der Waals surface area contributed by atoms with Crippen LogP contribution in [0.3, 0.4) is 0 Å². The molecule has 8 aromatic rings. The maximum atomic E-state index is 6.58. The van der Waals surface area contributed by atoms with E-state index in [-0.39, 0.29) is 0 Å². The monoisotopic (exact) mass is 541 g/mol.